The maximum Gasteiger partial charge on any atom is 0.167 e. The Kier molecular flexibility index (Phi) is 2.68. The van der Waals surface area contributed by atoms with Gasteiger partial charge in [0.1, 0.15) is 17.5 Å². The summed E-state index contributed by atoms with van der Waals surface area (Å²) in [5, 5.41) is 0. The van der Waals surface area contributed by atoms with Crippen molar-refractivity contribution >= 4 is 5.84 Å². The zero-order chi connectivity index (χ0) is 12.7. The molecule has 1 aromatic rings. The van der Waals surface area contributed by atoms with Crippen LogP contribution in [0.5, 0.6) is 0 Å². The van der Waals surface area contributed by atoms with Gasteiger partial charge < -0.3 is 5.73 Å². The van der Waals surface area contributed by atoms with Crippen LogP contribution in [0, 0.1) is 0 Å². The molecule has 2 N–H and O–H groups in total. The van der Waals surface area contributed by atoms with E-state index in [-0.39, 0.29) is 12.3 Å². The topological polar surface area (TPSA) is 38.4 Å². The molecule has 0 radical (unpaired) electrons. The van der Waals surface area contributed by atoms with Crippen LogP contribution >= 0.6 is 0 Å². The van der Waals surface area contributed by atoms with Crippen molar-refractivity contribution in [1.29, 1.82) is 0 Å². The van der Waals surface area contributed by atoms with Crippen molar-refractivity contribution in [1.82, 2.24) is 0 Å². The lowest BCUT2D eigenvalue weighted by molar-refractivity contribution is 0.109. The summed E-state index contributed by atoms with van der Waals surface area (Å²) in [6.45, 7) is 2.91. The molecule has 17 heavy (non-hydrogen) atoms. The molecule has 0 bridgehead atoms. The second-order valence-electron chi connectivity index (χ2n) is 4.88. The van der Waals surface area contributed by atoms with Crippen molar-refractivity contribution in [3.05, 3.63) is 35.9 Å². The molecule has 0 saturated carbocycles. The maximum absolute atomic E-state index is 14.2. The monoisotopic (exact) mass is 238 g/mol. The number of hydrogen-bond acceptors (Lipinski definition) is 2. The van der Waals surface area contributed by atoms with Crippen LogP contribution in [-0.4, -0.2) is 17.7 Å². The minimum Gasteiger partial charge on any atom is -0.385 e. The first-order valence-corrected chi connectivity index (χ1v) is 5.60. The fourth-order valence-corrected chi connectivity index (χ4v) is 2.10. The number of nitrogens with two attached hydrogens (primary N) is 1. The number of halogens is 2. The summed E-state index contributed by atoms with van der Waals surface area (Å²) in [4.78, 5) is 4.06. The van der Waals surface area contributed by atoms with E-state index in [1.54, 1.807) is 19.1 Å². The van der Waals surface area contributed by atoms with Crippen LogP contribution in [0.1, 0.15) is 25.8 Å². The molecular weight excluding hydrogens is 222 g/mol. The van der Waals surface area contributed by atoms with Crippen molar-refractivity contribution in [3.8, 4) is 0 Å². The Bertz CT molecular complexity index is 442. The smallest absolute Gasteiger partial charge is 0.167 e. The second-order valence-corrected chi connectivity index (χ2v) is 4.88. The van der Waals surface area contributed by atoms with E-state index in [0.29, 0.717) is 5.56 Å². The van der Waals surface area contributed by atoms with Crippen molar-refractivity contribution < 1.29 is 8.78 Å². The lowest BCUT2D eigenvalue weighted by Crippen LogP contribution is -2.50. The molecule has 0 aliphatic carbocycles. The van der Waals surface area contributed by atoms with Crippen LogP contribution in [0.25, 0.3) is 0 Å². The molecule has 92 valence electrons. The van der Waals surface area contributed by atoms with Gasteiger partial charge in [-0.3, -0.25) is 4.99 Å². The molecule has 3 atom stereocenters. The summed E-state index contributed by atoms with van der Waals surface area (Å²) in [6.07, 6.45) is -1.64. The first-order valence-electron chi connectivity index (χ1n) is 5.60. The van der Waals surface area contributed by atoms with E-state index >= 15 is 0 Å². The highest BCUT2D eigenvalue weighted by Gasteiger charge is 2.47. The van der Waals surface area contributed by atoms with Gasteiger partial charge in [-0.15, -0.1) is 0 Å². The first kappa shape index (κ1) is 12.0. The largest absolute Gasteiger partial charge is 0.385 e. The van der Waals surface area contributed by atoms with Gasteiger partial charge in [0, 0.05) is 6.42 Å². The van der Waals surface area contributed by atoms with Crippen molar-refractivity contribution in [2.75, 3.05) is 0 Å². The van der Waals surface area contributed by atoms with Crippen LogP contribution in [-0.2, 0) is 5.54 Å². The Morgan fingerprint density at radius 1 is 1.29 bits per heavy atom. The van der Waals surface area contributed by atoms with Gasteiger partial charge in [-0.05, 0) is 19.4 Å². The standard InChI is InChI=1S/C13H16F2N2/c1-12(15)8-10(14)13(2,17-11(12)16)9-6-4-3-5-7-9/h3-7,10H,8H2,1-2H3,(H2,16,17). The molecule has 0 fully saturated rings. The molecule has 0 aromatic heterocycles. The molecule has 1 aliphatic rings. The molecule has 1 aliphatic heterocycles. The van der Waals surface area contributed by atoms with E-state index < -0.39 is 17.4 Å². The van der Waals surface area contributed by atoms with Gasteiger partial charge >= 0.3 is 0 Å². The fraction of sp³-hybridized carbons (Fsp3) is 0.462. The van der Waals surface area contributed by atoms with Gasteiger partial charge in [-0.25, -0.2) is 8.78 Å². The van der Waals surface area contributed by atoms with E-state index in [4.69, 9.17) is 5.73 Å². The maximum atomic E-state index is 14.2. The first-order chi connectivity index (χ1) is 7.86. The van der Waals surface area contributed by atoms with Crippen LogP contribution < -0.4 is 5.73 Å². The molecule has 4 heteroatoms. The highest BCUT2D eigenvalue weighted by Crippen LogP contribution is 2.40. The summed E-state index contributed by atoms with van der Waals surface area (Å²) in [7, 11) is 0. The quantitative estimate of drug-likeness (QED) is 0.802. The summed E-state index contributed by atoms with van der Waals surface area (Å²) in [5.74, 6) is -0.127. The molecule has 0 amide bonds. The van der Waals surface area contributed by atoms with Gasteiger partial charge in [0.05, 0.1) is 0 Å². The molecule has 0 saturated heterocycles. The molecule has 1 heterocycles. The van der Waals surface area contributed by atoms with Crippen LogP contribution in [0.4, 0.5) is 8.78 Å². The lowest BCUT2D eigenvalue weighted by Gasteiger charge is -2.38. The van der Waals surface area contributed by atoms with Gasteiger partial charge in [-0.2, -0.15) is 0 Å². The predicted molar refractivity (Wildman–Crippen MR) is 64.4 cm³/mol. The number of alkyl halides is 2. The SMILES string of the molecule is CC1(F)CC(F)C(C)(c2ccccc2)N=C1N. The van der Waals surface area contributed by atoms with Gasteiger partial charge in [-0.1, -0.05) is 30.3 Å². The summed E-state index contributed by atoms with van der Waals surface area (Å²) in [5.41, 5.74) is 3.37. The Morgan fingerprint density at radius 2 is 1.88 bits per heavy atom. The number of benzene rings is 1. The molecule has 1 aromatic carbocycles. The number of aliphatic imine (C=N–C) groups is 1. The van der Waals surface area contributed by atoms with E-state index in [2.05, 4.69) is 4.99 Å². The highest BCUT2D eigenvalue weighted by molar-refractivity contribution is 5.89. The number of amidine groups is 1. The van der Waals surface area contributed by atoms with Crippen molar-refractivity contribution in [3.63, 3.8) is 0 Å². The Morgan fingerprint density at radius 3 is 2.47 bits per heavy atom. The third kappa shape index (κ3) is 1.92. The minimum atomic E-state index is -1.85. The van der Waals surface area contributed by atoms with E-state index in [1.807, 2.05) is 18.2 Å². The third-order valence-corrected chi connectivity index (χ3v) is 3.42. The fourth-order valence-electron chi connectivity index (χ4n) is 2.10. The minimum absolute atomic E-state index is 0.127. The Labute approximate surface area is 99.5 Å². The predicted octanol–water partition coefficient (Wildman–Crippen LogP) is 2.73. The van der Waals surface area contributed by atoms with Crippen LogP contribution in [0.2, 0.25) is 0 Å². The summed E-state index contributed by atoms with van der Waals surface area (Å²) < 4.78 is 28.1. The van der Waals surface area contributed by atoms with Crippen LogP contribution in [0.15, 0.2) is 35.3 Å². The third-order valence-electron chi connectivity index (χ3n) is 3.42. The average Bonchev–Trinajstić information content (AvgIpc) is 2.27. The molecule has 2 nitrogen and oxygen atoms in total. The highest BCUT2D eigenvalue weighted by atomic mass is 19.2. The zero-order valence-electron chi connectivity index (χ0n) is 9.95. The molecular formula is C13H16F2N2. The van der Waals surface area contributed by atoms with Crippen molar-refractivity contribution in [2.24, 2.45) is 10.7 Å². The van der Waals surface area contributed by atoms with Gasteiger partial charge in [0.15, 0.2) is 5.67 Å². The number of rotatable bonds is 1. The van der Waals surface area contributed by atoms with E-state index in [0.717, 1.165) is 0 Å². The normalized spacial score (nSPS) is 37.6. The lowest BCUT2D eigenvalue weighted by atomic mass is 9.79. The second kappa shape index (κ2) is 3.79. The number of hydrogen-bond donors (Lipinski definition) is 1. The Hall–Kier alpha value is -1.45. The van der Waals surface area contributed by atoms with Crippen LogP contribution in [0.3, 0.4) is 0 Å². The summed E-state index contributed by atoms with van der Waals surface area (Å²) >= 11 is 0. The zero-order valence-corrected chi connectivity index (χ0v) is 9.95. The molecule has 3 unspecified atom stereocenters. The average molecular weight is 238 g/mol. The number of nitrogens with zero attached hydrogens (tertiary/aromatic N) is 1. The molecule has 0 spiro atoms. The van der Waals surface area contributed by atoms with E-state index in [9.17, 15) is 8.78 Å². The van der Waals surface area contributed by atoms with Gasteiger partial charge in [0.2, 0.25) is 0 Å². The summed E-state index contributed by atoms with van der Waals surface area (Å²) in [6, 6.07) is 9.02. The van der Waals surface area contributed by atoms with E-state index in [1.165, 1.54) is 6.92 Å². The Balaban J connectivity index is 2.49. The molecule has 2 rings (SSSR count). The van der Waals surface area contributed by atoms with Crippen molar-refractivity contribution in [2.45, 2.75) is 37.6 Å². The van der Waals surface area contributed by atoms with Gasteiger partial charge in [0.25, 0.3) is 0 Å².